The van der Waals surface area contributed by atoms with E-state index in [1.165, 1.54) is 0 Å². The van der Waals surface area contributed by atoms with Crippen molar-refractivity contribution in [1.82, 2.24) is 0 Å². The highest BCUT2D eigenvalue weighted by Gasteiger charge is 2.11. The lowest BCUT2D eigenvalue weighted by Gasteiger charge is -2.17. The maximum Gasteiger partial charge on any atom is 0.0721 e. The van der Waals surface area contributed by atoms with Gasteiger partial charge in [0.25, 0.3) is 0 Å². The highest BCUT2D eigenvalue weighted by Crippen LogP contribution is 2.20. The zero-order valence-corrected chi connectivity index (χ0v) is 6.16. The number of allylic oxidation sites excluding steroid dienone is 2. The lowest BCUT2D eigenvalue weighted by Crippen LogP contribution is -2.11. The first-order valence-electron chi connectivity index (χ1n) is 3.80. The second-order valence-corrected chi connectivity index (χ2v) is 2.81. The molecule has 1 aliphatic rings. The Bertz CT molecular complexity index is 138. The van der Waals surface area contributed by atoms with E-state index in [2.05, 4.69) is 12.7 Å². The monoisotopic (exact) mass is 138 g/mol. The van der Waals surface area contributed by atoms with Crippen molar-refractivity contribution in [3.63, 3.8) is 0 Å². The van der Waals surface area contributed by atoms with Crippen LogP contribution >= 0.6 is 0 Å². The summed E-state index contributed by atoms with van der Waals surface area (Å²) in [7, 11) is 0. The number of rotatable bonds is 2. The minimum atomic E-state index is -0.193. The Kier molecular flexibility index (Phi) is 2.69. The third-order valence-electron chi connectivity index (χ3n) is 1.91. The molecule has 0 radical (unpaired) electrons. The van der Waals surface area contributed by atoms with Crippen LogP contribution in [0, 0.1) is 5.92 Å². The SMILES string of the molecule is C=CC[C@@H]1C=C[C@@H](O)CC1. The zero-order chi connectivity index (χ0) is 7.40. The quantitative estimate of drug-likeness (QED) is 0.578. The van der Waals surface area contributed by atoms with E-state index in [-0.39, 0.29) is 6.10 Å². The number of hydrogen-bond donors (Lipinski definition) is 1. The Morgan fingerprint density at radius 2 is 2.30 bits per heavy atom. The van der Waals surface area contributed by atoms with Crippen molar-refractivity contribution in [2.24, 2.45) is 5.92 Å². The first-order valence-corrected chi connectivity index (χ1v) is 3.80. The van der Waals surface area contributed by atoms with E-state index in [4.69, 9.17) is 5.11 Å². The number of aliphatic hydroxyl groups excluding tert-OH is 1. The predicted molar refractivity (Wildman–Crippen MR) is 42.7 cm³/mol. The van der Waals surface area contributed by atoms with E-state index in [9.17, 15) is 0 Å². The standard InChI is InChI=1S/C9H14O/c1-2-3-8-4-6-9(10)7-5-8/h2,4,6,8-10H,1,3,5,7H2/t8-,9-/m1/s1. The van der Waals surface area contributed by atoms with Gasteiger partial charge in [-0.15, -0.1) is 6.58 Å². The Morgan fingerprint density at radius 3 is 2.80 bits per heavy atom. The van der Waals surface area contributed by atoms with Crippen molar-refractivity contribution in [2.75, 3.05) is 0 Å². The van der Waals surface area contributed by atoms with Gasteiger partial charge in [-0.1, -0.05) is 18.2 Å². The Labute approximate surface area is 62.1 Å². The Morgan fingerprint density at radius 1 is 1.50 bits per heavy atom. The van der Waals surface area contributed by atoms with E-state index in [0.29, 0.717) is 5.92 Å². The third kappa shape index (κ3) is 1.99. The Balaban J connectivity index is 2.37. The molecule has 1 N–H and O–H groups in total. The molecule has 0 unspecified atom stereocenters. The molecular formula is C9H14O. The van der Waals surface area contributed by atoms with Crippen molar-refractivity contribution in [1.29, 1.82) is 0 Å². The van der Waals surface area contributed by atoms with Crippen LogP contribution in [-0.4, -0.2) is 11.2 Å². The van der Waals surface area contributed by atoms with E-state index in [0.717, 1.165) is 19.3 Å². The summed E-state index contributed by atoms with van der Waals surface area (Å²) in [5.41, 5.74) is 0. The zero-order valence-electron chi connectivity index (χ0n) is 6.16. The van der Waals surface area contributed by atoms with Crippen LogP contribution in [-0.2, 0) is 0 Å². The van der Waals surface area contributed by atoms with Gasteiger partial charge >= 0.3 is 0 Å². The van der Waals surface area contributed by atoms with E-state index < -0.39 is 0 Å². The summed E-state index contributed by atoms with van der Waals surface area (Å²) in [6, 6.07) is 0. The van der Waals surface area contributed by atoms with Crippen LogP contribution in [0.1, 0.15) is 19.3 Å². The maximum atomic E-state index is 9.08. The molecule has 0 aromatic heterocycles. The summed E-state index contributed by atoms with van der Waals surface area (Å²) in [5, 5.41) is 9.08. The van der Waals surface area contributed by atoms with Gasteiger partial charge in [-0.3, -0.25) is 0 Å². The molecule has 0 fully saturated rings. The van der Waals surface area contributed by atoms with Gasteiger partial charge in [0.05, 0.1) is 6.10 Å². The molecule has 1 heteroatoms. The van der Waals surface area contributed by atoms with Crippen molar-refractivity contribution < 1.29 is 5.11 Å². The first-order chi connectivity index (χ1) is 4.83. The molecule has 0 saturated heterocycles. The summed E-state index contributed by atoms with van der Waals surface area (Å²) in [4.78, 5) is 0. The molecule has 0 spiro atoms. The molecule has 0 aromatic carbocycles. The minimum absolute atomic E-state index is 0.193. The first kappa shape index (κ1) is 7.55. The van der Waals surface area contributed by atoms with Crippen LogP contribution < -0.4 is 0 Å². The lowest BCUT2D eigenvalue weighted by atomic mass is 9.92. The topological polar surface area (TPSA) is 20.2 Å². The average Bonchev–Trinajstić information content (AvgIpc) is 1.95. The van der Waals surface area contributed by atoms with Crippen LogP contribution in [0.15, 0.2) is 24.8 Å². The van der Waals surface area contributed by atoms with Crippen molar-refractivity contribution in [2.45, 2.75) is 25.4 Å². The van der Waals surface area contributed by atoms with Gasteiger partial charge in [0, 0.05) is 0 Å². The van der Waals surface area contributed by atoms with Gasteiger partial charge in [-0.05, 0) is 25.2 Å². The van der Waals surface area contributed by atoms with Gasteiger partial charge < -0.3 is 5.11 Å². The maximum absolute atomic E-state index is 9.08. The fraction of sp³-hybridized carbons (Fsp3) is 0.556. The van der Waals surface area contributed by atoms with Crippen molar-refractivity contribution >= 4 is 0 Å². The molecule has 56 valence electrons. The minimum Gasteiger partial charge on any atom is -0.389 e. The molecule has 1 rings (SSSR count). The summed E-state index contributed by atoms with van der Waals surface area (Å²) in [6.45, 7) is 3.68. The van der Waals surface area contributed by atoms with Crippen LogP contribution in [0.2, 0.25) is 0 Å². The van der Waals surface area contributed by atoms with Gasteiger partial charge in [0.1, 0.15) is 0 Å². The second-order valence-electron chi connectivity index (χ2n) is 2.81. The Hall–Kier alpha value is -0.560. The highest BCUT2D eigenvalue weighted by atomic mass is 16.3. The molecule has 0 aromatic rings. The van der Waals surface area contributed by atoms with Gasteiger partial charge in [-0.25, -0.2) is 0 Å². The molecule has 0 heterocycles. The molecule has 10 heavy (non-hydrogen) atoms. The fourth-order valence-electron chi connectivity index (χ4n) is 1.27. The summed E-state index contributed by atoms with van der Waals surface area (Å²) >= 11 is 0. The van der Waals surface area contributed by atoms with Gasteiger partial charge in [0.15, 0.2) is 0 Å². The average molecular weight is 138 g/mol. The van der Waals surface area contributed by atoms with Crippen LogP contribution in [0.5, 0.6) is 0 Å². The molecule has 1 nitrogen and oxygen atoms in total. The molecule has 0 bridgehead atoms. The molecule has 0 amide bonds. The van der Waals surface area contributed by atoms with Crippen molar-refractivity contribution in [3.8, 4) is 0 Å². The smallest absolute Gasteiger partial charge is 0.0721 e. The molecule has 0 saturated carbocycles. The summed E-state index contributed by atoms with van der Waals surface area (Å²) < 4.78 is 0. The van der Waals surface area contributed by atoms with E-state index >= 15 is 0 Å². The van der Waals surface area contributed by atoms with Gasteiger partial charge in [0.2, 0.25) is 0 Å². The third-order valence-corrected chi connectivity index (χ3v) is 1.91. The molecular weight excluding hydrogens is 124 g/mol. The summed E-state index contributed by atoms with van der Waals surface area (Å²) in [5.74, 6) is 0.626. The van der Waals surface area contributed by atoms with Crippen LogP contribution in [0.4, 0.5) is 0 Å². The van der Waals surface area contributed by atoms with Crippen LogP contribution in [0.3, 0.4) is 0 Å². The van der Waals surface area contributed by atoms with E-state index in [1.54, 1.807) is 0 Å². The predicted octanol–water partition coefficient (Wildman–Crippen LogP) is 1.89. The molecule has 2 atom stereocenters. The lowest BCUT2D eigenvalue weighted by molar-refractivity contribution is 0.195. The van der Waals surface area contributed by atoms with Crippen LogP contribution in [0.25, 0.3) is 0 Å². The normalized spacial score (nSPS) is 32.1. The fourth-order valence-corrected chi connectivity index (χ4v) is 1.27. The highest BCUT2D eigenvalue weighted by molar-refractivity contribution is 4.99. The second kappa shape index (κ2) is 3.57. The number of aliphatic hydroxyl groups is 1. The van der Waals surface area contributed by atoms with Gasteiger partial charge in [-0.2, -0.15) is 0 Å². The molecule has 1 aliphatic carbocycles. The number of hydrogen-bond acceptors (Lipinski definition) is 1. The summed E-state index contributed by atoms with van der Waals surface area (Å²) in [6.07, 6.45) is 8.78. The van der Waals surface area contributed by atoms with E-state index in [1.807, 2.05) is 12.2 Å². The molecule has 0 aliphatic heterocycles. The van der Waals surface area contributed by atoms with Crippen molar-refractivity contribution in [3.05, 3.63) is 24.8 Å². The largest absolute Gasteiger partial charge is 0.389 e.